The van der Waals surface area contributed by atoms with Crippen molar-refractivity contribution in [3.63, 3.8) is 0 Å². The smallest absolute Gasteiger partial charge is 0.302 e. The summed E-state index contributed by atoms with van der Waals surface area (Å²) in [5, 5.41) is 54.0. The molecule has 2 heterocycles. The van der Waals surface area contributed by atoms with E-state index in [1.165, 1.54) is 6.92 Å². The third-order valence-electron chi connectivity index (χ3n) is 10.3. The fourth-order valence-corrected chi connectivity index (χ4v) is 7.62. The van der Waals surface area contributed by atoms with Crippen molar-refractivity contribution in [1.29, 1.82) is 0 Å². The molecule has 1 aromatic carbocycles. The summed E-state index contributed by atoms with van der Waals surface area (Å²) in [6, 6.07) is 3.34. The zero-order valence-corrected chi connectivity index (χ0v) is 28.3. The molecule has 47 heavy (non-hydrogen) atoms. The monoisotopic (exact) mass is 657 g/mol. The van der Waals surface area contributed by atoms with E-state index in [1.807, 2.05) is 7.05 Å². The van der Waals surface area contributed by atoms with Crippen LogP contribution < -0.4 is 26.4 Å². The summed E-state index contributed by atoms with van der Waals surface area (Å²) >= 11 is 0. The van der Waals surface area contributed by atoms with Gasteiger partial charge in [0.25, 0.3) is 0 Å². The van der Waals surface area contributed by atoms with Gasteiger partial charge in [-0.25, -0.2) is 0 Å². The Bertz CT molecular complexity index is 1310. The van der Waals surface area contributed by atoms with Gasteiger partial charge >= 0.3 is 5.97 Å². The molecule has 3 aliphatic rings. The number of benzene rings is 1. The third-order valence-corrected chi connectivity index (χ3v) is 10.3. The first-order valence-corrected chi connectivity index (χ1v) is 17.0. The van der Waals surface area contributed by atoms with Crippen LogP contribution in [-0.2, 0) is 22.6 Å². The van der Waals surface area contributed by atoms with Crippen molar-refractivity contribution >= 4 is 11.9 Å². The van der Waals surface area contributed by atoms with Crippen molar-refractivity contribution < 1.29 is 34.7 Å². The van der Waals surface area contributed by atoms with Gasteiger partial charge in [0.05, 0.1) is 24.2 Å². The number of fused-ring (bicyclic) bond motifs is 5. The number of aliphatic hydroxyl groups is 3. The lowest BCUT2D eigenvalue weighted by molar-refractivity contribution is -0.152. The molecule has 8 unspecified atom stereocenters. The van der Waals surface area contributed by atoms with Crippen LogP contribution in [0.5, 0.6) is 11.5 Å². The highest BCUT2D eigenvalue weighted by atomic mass is 16.5. The maximum Gasteiger partial charge on any atom is 0.302 e. The molecule has 1 fully saturated rings. The van der Waals surface area contributed by atoms with Gasteiger partial charge in [0.15, 0.2) is 17.5 Å². The first-order chi connectivity index (χ1) is 22.4. The molecule has 0 amide bonds. The molecule has 1 aromatic rings. The van der Waals surface area contributed by atoms with Crippen molar-refractivity contribution in [2.45, 2.75) is 108 Å². The topological polar surface area (TPSA) is 191 Å². The Labute approximate surface area is 278 Å². The van der Waals surface area contributed by atoms with Crippen molar-refractivity contribution in [3.8, 4) is 23.3 Å². The van der Waals surface area contributed by atoms with Gasteiger partial charge in [-0.3, -0.25) is 9.79 Å². The average Bonchev–Trinajstić information content (AvgIpc) is 3.03. The van der Waals surface area contributed by atoms with E-state index in [0.29, 0.717) is 37.0 Å². The number of carbonyl (C=O) groups is 1. The second-order valence-electron chi connectivity index (χ2n) is 13.7. The minimum atomic E-state index is -0.933. The third kappa shape index (κ3) is 9.30. The second-order valence-corrected chi connectivity index (χ2v) is 13.7. The lowest BCUT2D eigenvalue weighted by Gasteiger charge is -2.42. The average molecular weight is 658 g/mol. The Kier molecular flexibility index (Phi) is 12.8. The molecular formula is C35H55N5O7. The van der Waals surface area contributed by atoms with E-state index in [-0.39, 0.29) is 54.8 Å². The van der Waals surface area contributed by atoms with Crippen LogP contribution >= 0.6 is 0 Å². The van der Waals surface area contributed by atoms with Gasteiger partial charge in [0.1, 0.15) is 12.2 Å². The van der Waals surface area contributed by atoms with Crippen molar-refractivity contribution in [2.24, 2.45) is 28.0 Å². The predicted molar refractivity (Wildman–Crippen MR) is 180 cm³/mol. The molecule has 8 atom stereocenters. The summed E-state index contributed by atoms with van der Waals surface area (Å²) in [5.41, 5.74) is 6.10. The number of rotatable bonds is 7. The van der Waals surface area contributed by atoms with Crippen molar-refractivity contribution in [1.82, 2.24) is 16.0 Å². The molecule has 1 aliphatic carbocycles. The normalized spacial score (nSPS) is 32.4. The van der Waals surface area contributed by atoms with Gasteiger partial charge in [-0.15, -0.1) is 0 Å². The fraction of sp³-hybridized carbons (Fsp3) is 0.714. The lowest BCUT2D eigenvalue weighted by atomic mass is 9.72. The Morgan fingerprint density at radius 1 is 1.28 bits per heavy atom. The van der Waals surface area contributed by atoms with Crippen molar-refractivity contribution in [2.75, 3.05) is 33.7 Å². The number of nitrogens with one attached hydrogen (secondary N) is 3. The van der Waals surface area contributed by atoms with Crippen LogP contribution in [0.3, 0.4) is 0 Å². The molecule has 12 heteroatoms. The first-order valence-electron chi connectivity index (χ1n) is 17.0. The molecule has 12 nitrogen and oxygen atoms in total. The van der Waals surface area contributed by atoms with E-state index in [1.54, 1.807) is 26.1 Å². The van der Waals surface area contributed by atoms with Crippen LogP contribution in [0.2, 0.25) is 0 Å². The van der Waals surface area contributed by atoms with E-state index >= 15 is 0 Å². The van der Waals surface area contributed by atoms with Gasteiger partial charge < -0.3 is 51.6 Å². The summed E-state index contributed by atoms with van der Waals surface area (Å²) < 4.78 is 12.4. The van der Waals surface area contributed by atoms with E-state index < -0.39 is 29.7 Å². The maximum absolute atomic E-state index is 12.5. The number of aromatic hydroxyl groups is 1. The number of piperidine rings is 1. The number of nitrogens with two attached hydrogens (primary N) is 1. The zero-order valence-electron chi connectivity index (χ0n) is 28.3. The van der Waals surface area contributed by atoms with E-state index in [0.717, 1.165) is 44.3 Å². The molecule has 0 aromatic heterocycles. The number of phenolic OH excluding ortho intramolecular Hbond substituents is 1. The Morgan fingerprint density at radius 3 is 2.74 bits per heavy atom. The number of phenols is 1. The SMILES string of the molecule is CN=C(N)NCC1(C(C)O)C#CC2CCCC3(CNC)CC(CCN3)Oc3cc(c(CO)cc3O)CC2C(OC(C)=O)CC(O)CC1. The zero-order chi connectivity index (χ0) is 34.2. The predicted octanol–water partition coefficient (Wildman–Crippen LogP) is 1.31. The van der Waals surface area contributed by atoms with Crippen molar-refractivity contribution in [3.05, 3.63) is 23.3 Å². The Morgan fingerprint density at radius 2 is 2.06 bits per heavy atom. The van der Waals surface area contributed by atoms with Crippen LogP contribution in [0.4, 0.5) is 0 Å². The number of carbonyl (C=O) groups excluding carboxylic acids is 1. The summed E-state index contributed by atoms with van der Waals surface area (Å²) in [6.45, 7) is 4.50. The van der Waals surface area contributed by atoms with Crippen LogP contribution in [0.25, 0.3) is 0 Å². The highest BCUT2D eigenvalue weighted by molar-refractivity contribution is 5.77. The molecule has 0 spiro atoms. The molecule has 0 radical (unpaired) electrons. The minimum Gasteiger partial charge on any atom is -0.504 e. The number of likely N-dealkylation sites (N-methyl/N-ethyl adjacent to an activating group) is 1. The molecule has 0 saturated carbocycles. The van der Waals surface area contributed by atoms with E-state index in [4.69, 9.17) is 15.2 Å². The van der Waals surface area contributed by atoms with Gasteiger partial charge in [0.2, 0.25) is 0 Å². The fourth-order valence-electron chi connectivity index (χ4n) is 7.62. The summed E-state index contributed by atoms with van der Waals surface area (Å²) in [5.74, 6) is 6.43. The molecule has 2 aliphatic heterocycles. The van der Waals surface area contributed by atoms with E-state index in [9.17, 15) is 25.2 Å². The van der Waals surface area contributed by atoms with Gasteiger partial charge in [-0.05, 0) is 82.3 Å². The van der Waals surface area contributed by atoms with Gasteiger partial charge in [0, 0.05) is 57.3 Å². The second kappa shape index (κ2) is 16.3. The molecule has 4 bridgehead atoms. The highest BCUT2D eigenvalue weighted by Gasteiger charge is 2.41. The summed E-state index contributed by atoms with van der Waals surface area (Å²) in [4.78, 5) is 16.5. The maximum atomic E-state index is 12.5. The Hall–Kier alpha value is -3.08. The minimum absolute atomic E-state index is 0.0382. The number of hydrogen-bond donors (Lipinski definition) is 8. The van der Waals surface area contributed by atoms with Crippen LogP contribution in [0, 0.1) is 29.1 Å². The number of esters is 1. The highest BCUT2D eigenvalue weighted by Crippen LogP contribution is 2.40. The van der Waals surface area contributed by atoms with Crippen LogP contribution in [0.1, 0.15) is 76.3 Å². The van der Waals surface area contributed by atoms with Gasteiger partial charge in [-0.1, -0.05) is 18.3 Å². The first kappa shape index (κ1) is 36.8. The molecular weight excluding hydrogens is 602 g/mol. The standard InChI is InChI=1S/C35H55N5O7/c1-22(42)34(20-39-33(36)38-4)11-7-24-6-5-10-35(21-37-3)18-28(9-13-40-35)47-32-16-25(26(19-41)15-30(32)45)14-29(24)31(46-23(2)43)17-27(44)8-12-34/h15-16,22,24,27-29,31,37,40-42,44-45H,5-6,8-10,12-14,17-21H2,1-4H3,(H3,36,38,39). The number of ether oxygens (including phenoxy) is 2. The molecule has 262 valence electrons. The quantitative estimate of drug-likeness (QED) is 0.0913. The molecule has 1 saturated heterocycles. The van der Waals surface area contributed by atoms with E-state index in [2.05, 4.69) is 32.8 Å². The lowest BCUT2D eigenvalue weighted by Crippen LogP contribution is -2.58. The number of aliphatic hydroxyl groups excluding tert-OH is 3. The van der Waals surface area contributed by atoms with Crippen LogP contribution in [0.15, 0.2) is 17.1 Å². The Balaban J connectivity index is 1.89. The largest absolute Gasteiger partial charge is 0.504 e. The number of hydrogen-bond acceptors (Lipinski definition) is 10. The summed E-state index contributed by atoms with van der Waals surface area (Å²) in [6.07, 6.45) is 2.61. The van der Waals surface area contributed by atoms with Crippen LogP contribution in [-0.4, -0.2) is 96.0 Å². The molecule has 4 rings (SSSR count). The number of nitrogens with zero attached hydrogens (tertiary/aromatic N) is 1. The summed E-state index contributed by atoms with van der Waals surface area (Å²) in [7, 11) is 3.52. The number of aliphatic imine (C=N–C) groups is 1. The molecule has 9 N–H and O–H groups in total. The number of guanidine groups is 1. The van der Waals surface area contributed by atoms with Gasteiger partial charge in [-0.2, -0.15) is 0 Å².